The SMILES string of the molecule is CCC(N)(CC(=O)OC)c1ccc(F)cn1. The third-order valence-electron chi connectivity index (χ3n) is 2.56. The van der Waals surface area contributed by atoms with Gasteiger partial charge in [0.15, 0.2) is 0 Å². The van der Waals surface area contributed by atoms with Gasteiger partial charge in [-0.15, -0.1) is 0 Å². The Balaban J connectivity index is 2.95. The Bertz CT molecular complexity index is 367. The first-order chi connectivity index (χ1) is 7.51. The van der Waals surface area contributed by atoms with E-state index in [1.54, 1.807) is 0 Å². The first-order valence-electron chi connectivity index (χ1n) is 4.99. The van der Waals surface area contributed by atoms with Gasteiger partial charge in [0.2, 0.25) is 0 Å². The second-order valence-corrected chi connectivity index (χ2v) is 3.62. The molecule has 1 rings (SSSR count). The number of methoxy groups -OCH3 is 1. The molecule has 1 unspecified atom stereocenters. The summed E-state index contributed by atoms with van der Waals surface area (Å²) in [5, 5.41) is 0. The number of hydrogen-bond donors (Lipinski definition) is 1. The van der Waals surface area contributed by atoms with Gasteiger partial charge in [-0.2, -0.15) is 0 Å². The van der Waals surface area contributed by atoms with Crippen molar-refractivity contribution in [3.8, 4) is 0 Å². The number of ether oxygens (including phenoxy) is 1. The summed E-state index contributed by atoms with van der Waals surface area (Å²) < 4.78 is 17.3. The Kier molecular flexibility index (Phi) is 3.95. The Morgan fingerprint density at radius 3 is 2.75 bits per heavy atom. The lowest BCUT2D eigenvalue weighted by Crippen LogP contribution is -2.39. The second kappa shape index (κ2) is 5.03. The maximum absolute atomic E-state index is 12.7. The molecule has 0 bridgehead atoms. The molecule has 1 aromatic heterocycles. The van der Waals surface area contributed by atoms with Crippen LogP contribution < -0.4 is 5.73 Å². The number of halogens is 1. The highest BCUT2D eigenvalue weighted by Gasteiger charge is 2.30. The Morgan fingerprint density at radius 1 is 1.62 bits per heavy atom. The Labute approximate surface area is 93.6 Å². The molecule has 0 aliphatic carbocycles. The maximum atomic E-state index is 12.7. The number of rotatable bonds is 4. The van der Waals surface area contributed by atoms with Crippen molar-refractivity contribution in [2.24, 2.45) is 5.73 Å². The lowest BCUT2D eigenvalue weighted by molar-refractivity contribution is -0.142. The lowest BCUT2D eigenvalue weighted by atomic mass is 9.89. The van der Waals surface area contributed by atoms with Crippen LogP contribution in [0.1, 0.15) is 25.5 Å². The van der Waals surface area contributed by atoms with Crippen molar-refractivity contribution in [2.45, 2.75) is 25.3 Å². The van der Waals surface area contributed by atoms with Gasteiger partial charge in [0.25, 0.3) is 0 Å². The van der Waals surface area contributed by atoms with Gasteiger partial charge in [0, 0.05) is 0 Å². The van der Waals surface area contributed by atoms with Crippen LogP contribution in [0.3, 0.4) is 0 Å². The summed E-state index contributed by atoms with van der Waals surface area (Å²) in [5.41, 5.74) is 5.65. The summed E-state index contributed by atoms with van der Waals surface area (Å²) in [6.45, 7) is 1.84. The van der Waals surface area contributed by atoms with Crippen LogP contribution in [0.15, 0.2) is 18.3 Å². The fourth-order valence-corrected chi connectivity index (χ4v) is 1.40. The number of esters is 1. The van der Waals surface area contributed by atoms with Crippen molar-refractivity contribution in [3.05, 3.63) is 29.8 Å². The van der Waals surface area contributed by atoms with E-state index in [0.29, 0.717) is 12.1 Å². The minimum atomic E-state index is -0.902. The molecule has 0 fully saturated rings. The molecule has 0 amide bonds. The van der Waals surface area contributed by atoms with Crippen molar-refractivity contribution in [3.63, 3.8) is 0 Å². The van der Waals surface area contributed by atoms with Crippen molar-refractivity contribution in [2.75, 3.05) is 7.11 Å². The number of nitrogens with zero attached hydrogens (tertiary/aromatic N) is 1. The average Bonchev–Trinajstić information content (AvgIpc) is 2.29. The molecule has 0 spiro atoms. The highest BCUT2D eigenvalue weighted by Crippen LogP contribution is 2.24. The van der Waals surface area contributed by atoms with Crippen molar-refractivity contribution < 1.29 is 13.9 Å². The van der Waals surface area contributed by atoms with E-state index < -0.39 is 17.3 Å². The molecule has 0 saturated heterocycles. The smallest absolute Gasteiger partial charge is 0.307 e. The molecule has 0 saturated carbocycles. The zero-order valence-corrected chi connectivity index (χ0v) is 9.37. The highest BCUT2D eigenvalue weighted by atomic mass is 19.1. The zero-order chi connectivity index (χ0) is 12.2. The first kappa shape index (κ1) is 12.6. The number of hydrogen-bond acceptors (Lipinski definition) is 4. The van der Waals surface area contributed by atoms with E-state index in [9.17, 15) is 9.18 Å². The standard InChI is InChI=1S/C11H15FN2O2/c1-3-11(13,6-10(15)16-2)9-5-4-8(12)7-14-9/h4-5,7H,3,6,13H2,1-2H3. The quantitative estimate of drug-likeness (QED) is 0.787. The summed E-state index contributed by atoms with van der Waals surface area (Å²) in [5.74, 6) is -0.837. The zero-order valence-electron chi connectivity index (χ0n) is 9.37. The molecule has 88 valence electrons. The van der Waals surface area contributed by atoms with Gasteiger partial charge in [-0.25, -0.2) is 4.39 Å². The fraction of sp³-hybridized carbons (Fsp3) is 0.455. The van der Waals surface area contributed by atoms with E-state index in [0.717, 1.165) is 6.20 Å². The molecule has 0 aromatic carbocycles. The number of carbonyl (C=O) groups excluding carboxylic acids is 1. The minimum Gasteiger partial charge on any atom is -0.469 e. The minimum absolute atomic E-state index is 0.0264. The van der Waals surface area contributed by atoms with E-state index in [-0.39, 0.29) is 6.42 Å². The number of aromatic nitrogens is 1. The fourth-order valence-electron chi connectivity index (χ4n) is 1.40. The van der Waals surface area contributed by atoms with E-state index in [1.165, 1.54) is 19.2 Å². The topological polar surface area (TPSA) is 65.2 Å². The number of carbonyl (C=O) groups is 1. The van der Waals surface area contributed by atoms with Crippen LogP contribution in [-0.4, -0.2) is 18.1 Å². The molecule has 1 aromatic rings. The van der Waals surface area contributed by atoms with Gasteiger partial charge in [0.05, 0.1) is 31.0 Å². The molecule has 0 radical (unpaired) electrons. The summed E-state index contributed by atoms with van der Waals surface area (Å²) >= 11 is 0. The van der Waals surface area contributed by atoms with E-state index in [1.807, 2.05) is 6.92 Å². The number of pyridine rings is 1. The molecule has 0 aliphatic rings. The normalized spacial score (nSPS) is 14.2. The first-order valence-corrected chi connectivity index (χ1v) is 4.99. The third kappa shape index (κ3) is 2.76. The van der Waals surface area contributed by atoms with Crippen molar-refractivity contribution in [1.82, 2.24) is 4.98 Å². The molecule has 4 nitrogen and oxygen atoms in total. The molecular formula is C11H15FN2O2. The summed E-state index contributed by atoms with van der Waals surface area (Å²) in [6, 6.07) is 2.76. The van der Waals surface area contributed by atoms with Crippen LogP contribution in [0.4, 0.5) is 4.39 Å². The lowest BCUT2D eigenvalue weighted by Gasteiger charge is -2.26. The Morgan fingerprint density at radius 2 is 2.31 bits per heavy atom. The largest absolute Gasteiger partial charge is 0.469 e. The molecule has 5 heteroatoms. The predicted molar refractivity (Wildman–Crippen MR) is 57.0 cm³/mol. The van der Waals surface area contributed by atoms with E-state index in [4.69, 9.17) is 5.73 Å². The molecule has 16 heavy (non-hydrogen) atoms. The summed E-state index contributed by atoms with van der Waals surface area (Å²) in [4.78, 5) is 15.1. The van der Waals surface area contributed by atoms with E-state index >= 15 is 0 Å². The highest BCUT2D eigenvalue weighted by molar-refractivity contribution is 5.71. The van der Waals surface area contributed by atoms with Crippen LogP contribution in [0.25, 0.3) is 0 Å². The summed E-state index contributed by atoms with van der Waals surface area (Å²) in [7, 11) is 1.30. The molecule has 0 aliphatic heterocycles. The average molecular weight is 226 g/mol. The van der Waals surface area contributed by atoms with Gasteiger partial charge in [0.1, 0.15) is 5.82 Å². The van der Waals surface area contributed by atoms with E-state index in [2.05, 4.69) is 9.72 Å². The van der Waals surface area contributed by atoms with Crippen LogP contribution >= 0.6 is 0 Å². The molecule has 1 atom stereocenters. The van der Waals surface area contributed by atoms with Crippen molar-refractivity contribution >= 4 is 5.97 Å². The van der Waals surface area contributed by atoms with Crippen molar-refractivity contribution in [1.29, 1.82) is 0 Å². The second-order valence-electron chi connectivity index (χ2n) is 3.62. The molecular weight excluding hydrogens is 211 g/mol. The van der Waals surface area contributed by atoms with Gasteiger partial charge < -0.3 is 10.5 Å². The maximum Gasteiger partial charge on any atom is 0.307 e. The Hall–Kier alpha value is -1.49. The van der Waals surface area contributed by atoms with Crippen LogP contribution in [0.5, 0.6) is 0 Å². The van der Waals surface area contributed by atoms with Gasteiger partial charge >= 0.3 is 5.97 Å². The van der Waals surface area contributed by atoms with Crippen LogP contribution in [-0.2, 0) is 15.1 Å². The molecule has 2 N–H and O–H groups in total. The number of nitrogens with two attached hydrogens (primary N) is 1. The van der Waals surface area contributed by atoms with Gasteiger partial charge in [-0.3, -0.25) is 9.78 Å². The van der Waals surface area contributed by atoms with Gasteiger partial charge in [-0.05, 0) is 18.6 Å². The predicted octanol–water partition coefficient (Wildman–Crippen LogP) is 1.35. The van der Waals surface area contributed by atoms with Crippen LogP contribution in [0.2, 0.25) is 0 Å². The summed E-state index contributed by atoms with van der Waals surface area (Å²) in [6.07, 6.45) is 1.63. The van der Waals surface area contributed by atoms with Gasteiger partial charge in [-0.1, -0.05) is 6.92 Å². The third-order valence-corrected chi connectivity index (χ3v) is 2.56. The monoisotopic (exact) mass is 226 g/mol. The van der Waals surface area contributed by atoms with Crippen LogP contribution in [0, 0.1) is 5.82 Å². The molecule has 1 heterocycles.